The molecule has 0 radical (unpaired) electrons. The van der Waals surface area contributed by atoms with Gasteiger partial charge in [-0.2, -0.15) is 0 Å². The lowest BCUT2D eigenvalue weighted by Crippen LogP contribution is -2.16. The number of hydrogen-bond acceptors (Lipinski definition) is 2. The number of hydrogen-bond donors (Lipinski definition) is 1. The summed E-state index contributed by atoms with van der Waals surface area (Å²) in [5.41, 5.74) is 1.16. The molecule has 2 nitrogen and oxygen atoms in total. The first-order chi connectivity index (χ1) is 8.13. The van der Waals surface area contributed by atoms with Crippen molar-refractivity contribution in [1.29, 1.82) is 0 Å². The highest BCUT2D eigenvalue weighted by molar-refractivity contribution is 7.85. The van der Waals surface area contributed by atoms with Crippen molar-refractivity contribution in [2.75, 3.05) is 5.75 Å². The van der Waals surface area contributed by atoms with Gasteiger partial charge in [-0.25, -0.2) is 0 Å². The first kappa shape index (κ1) is 14.4. The highest BCUT2D eigenvalue weighted by Gasteiger charge is 2.10. The van der Waals surface area contributed by atoms with E-state index in [1.165, 1.54) is 0 Å². The van der Waals surface area contributed by atoms with Gasteiger partial charge >= 0.3 is 0 Å². The molecule has 3 heteroatoms. The minimum absolute atomic E-state index is 0.354. The number of aliphatic hydroxyl groups excluding tert-OH is 1. The van der Waals surface area contributed by atoms with Crippen molar-refractivity contribution >= 4 is 10.8 Å². The van der Waals surface area contributed by atoms with Gasteiger partial charge in [0.15, 0.2) is 0 Å². The second-order valence-corrected chi connectivity index (χ2v) is 5.97. The first-order valence-corrected chi connectivity index (χ1v) is 7.58. The Morgan fingerprint density at radius 1 is 1.24 bits per heavy atom. The molecule has 1 aromatic carbocycles. The van der Waals surface area contributed by atoms with Crippen LogP contribution in [0.1, 0.15) is 38.2 Å². The van der Waals surface area contributed by atoms with E-state index in [1.807, 2.05) is 31.2 Å². The Morgan fingerprint density at radius 2 is 1.88 bits per heavy atom. The summed E-state index contributed by atoms with van der Waals surface area (Å²) in [6.07, 6.45) is 3.61. The van der Waals surface area contributed by atoms with E-state index >= 15 is 0 Å². The monoisotopic (exact) mass is 254 g/mol. The summed E-state index contributed by atoms with van der Waals surface area (Å²) < 4.78 is 12.0. The van der Waals surface area contributed by atoms with Crippen molar-refractivity contribution in [2.24, 2.45) is 0 Å². The third-order valence-electron chi connectivity index (χ3n) is 2.77. The van der Waals surface area contributed by atoms with E-state index in [-0.39, 0.29) is 0 Å². The third-order valence-corrected chi connectivity index (χ3v) is 4.25. The number of benzene rings is 1. The average Bonchev–Trinajstić information content (AvgIpc) is 2.30. The lowest BCUT2D eigenvalue weighted by molar-refractivity contribution is 0.184. The maximum atomic E-state index is 12.0. The lowest BCUT2D eigenvalue weighted by Gasteiger charge is -2.10. The Hall–Kier alpha value is -0.670. The number of rotatable bonds is 7. The molecule has 0 aliphatic carbocycles. The van der Waals surface area contributed by atoms with Crippen LogP contribution in [0.25, 0.3) is 0 Å². The molecular formula is C14H22O2S. The molecule has 1 aromatic rings. The zero-order chi connectivity index (χ0) is 12.7. The van der Waals surface area contributed by atoms with E-state index in [1.54, 1.807) is 0 Å². The van der Waals surface area contributed by atoms with Crippen molar-refractivity contribution in [3.63, 3.8) is 0 Å². The maximum absolute atomic E-state index is 12.0. The summed E-state index contributed by atoms with van der Waals surface area (Å²) >= 11 is 0. The molecule has 0 aromatic heterocycles. The number of unbranched alkanes of at least 4 members (excludes halogenated alkanes) is 2. The Kier molecular flexibility index (Phi) is 6.45. The maximum Gasteiger partial charge on any atom is 0.0659 e. The summed E-state index contributed by atoms with van der Waals surface area (Å²) in [5.74, 6) is 0.354. The zero-order valence-electron chi connectivity index (χ0n) is 10.7. The predicted octanol–water partition coefficient (Wildman–Crippen LogP) is 3.04. The van der Waals surface area contributed by atoms with Crippen LogP contribution in [0, 0.1) is 6.92 Å². The second kappa shape index (κ2) is 7.62. The van der Waals surface area contributed by atoms with Gasteiger partial charge in [-0.15, -0.1) is 0 Å². The molecule has 0 aliphatic rings. The molecule has 0 fully saturated rings. The van der Waals surface area contributed by atoms with Crippen molar-refractivity contribution in [3.8, 4) is 0 Å². The minimum atomic E-state index is -1.08. The SMILES string of the molecule is CCCCC[C@@H](O)C[S@](=O)c1ccc(C)cc1. The molecule has 0 amide bonds. The fourth-order valence-corrected chi connectivity index (χ4v) is 2.82. The van der Waals surface area contributed by atoms with Gasteiger partial charge in [0.05, 0.1) is 22.7 Å². The smallest absolute Gasteiger partial charge is 0.0659 e. The molecule has 0 saturated carbocycles. The van der Waals surface area contributed by atoms with Crippen LogP contribution in [0.4, 0.5) is 0 Å². The van der Waals surface area contributed by atoms with Gasteiger partial charge in [-0.3, -0.25) is 4.21 Å². The molecule has 0 saturated heterocycles. The van der Waals surface area contributed by atoms with E-state index in [4.69, 9.17) is 0 Å². The quantitative estimate of drug-likeness (QED) is 0.759. The van der Waals surface area contributed by atoms with Crippen LogP contribution in [-0.4, -0.2) is 21.2 Å². The molecule has 96 valence electrons. The summed E-state index contributed by atoms with van der Waals surface area (Å²) in [6, 6.07) is 7.67. The van der Waals surface area contributed by atoms with Crippen molar-refractivity contribution in [3.05, 3.63) is 29.8 Å². The first-order valence-electron chi connectivity index (χ1n) is 6.26. The van der Waals surface area contributed by atoms with E-state index in [0.717, 1.165) is 36.1 Å². The number of aryl methyl sites for hydroxylation is 1. The molecule has 0 bridgehead atoms. The fraction of sp³-hybridized carbons (Fsp3) is 0.571. The molecule has 17 heavy (non-hydrogen) atoms. The highest BCUT2D eigenvalue weighted by atomic mass is 32.2. The Labute approximate surface area is 107 Å². The Balaban J connectivity index is 2.40. The van der Waals surface area contributed by atoms with E-state index in [0.29, 0.717) is 5.75 Å². The summed E-state index contributed by atoms with van der Waals surface area (Å²) in [4.78, 5) is 0.810. The van der Waals surface area contributed by atoms with Gasteiger partial charge < -0.3 is 5.11 Å². The van der Waals surface area contributed by atoms with Gasteiger partial charge in [0.25, 0.3) is 0 Å². The summed E-state index contributed by atoms with van der Waals surface area (Å²) in [6.45, 7) is 4.14. The van der Waals surface area contributed by atoms with Gasteiger partial charge in [-0.1, -0.05) is 43.9 Å². The van der Waals surface area contributed by atoms with Crippen LogP contribution in [0.5, 0.6) is 0 Å². The van der Waals surface area contributed by atoms with Crippen LogP contribution < -0.4 is 0 Å². The Morgan fingerprint density at radius 3 is 2.47 bits per heavy atom. The molecule has 0 spiro atoms. The molecular weight excluding hydrogens is 232 g/mol. The largest absolute Gasteiger partial charge is 0.392 e. The van der Waals surface area contributed by atoms with E-state index in [2.05, 4.69) is 6.92 Å². The standard InChI is InChI=1S/C14H22O2S/c1-3-4-5-6-13(15)11-17(16)14-9-7-12(2)8-10-14/h7-10,13,15H,3-6,11H2,1-2H3/t13-,17+/m1/s1. The molecule has 1 N–H and O–H groups in total. The topological polar surface area (TPSA) is 37.3 Å². The summed E-state index contributed by atoms with van der Waals surface area (Å²) in [5, 5.41) is 9.77. The van der Waals surface area contributed by atoms with E-state index in [9.17, 15) is 9.32 Å². The van der Waals surface area contributed by atoms with Crippen molar-refractivity contribution in [2.45, 2.75) is 50.5 Å². The minimum Gasteiger partial charge on any atom is -0.392 e. The highest BCUT2D eigenvalue weighted by Crippen LogP contribution is 2.11. The normalized spacial score (nSPS) is 14.5. The molecule has 0 heterocycles. The zero-order valence-corrected chi connectivity index (χ0v) is 11.5. The van der Waals surface area contributed by atoms with Crippen LogP contribution in [0.15, 0.2) is 29.2 Å². The van der Waals surface area contributed by atoms with Crippen LogP contribution in [-0.2, 0) is 10.8 Å². The fourth-order valence-electron chi connectivity index (χ4n) is 1.67. The van der Waals surface area contributed by atoms with Crippen LogP contribution in [0.3, 0.4) is 0 Å². The number of aliphatic hydroxyl groups is 1. The van der Waals surface area contributed by atoms with Crippen LogP contribution >= 0.6 is 0 Å². The van der Waals surface area contributed by atoms with E-state index < -0.39 is 16.9 Å². The third kappa shape index (κ3) is 5.46. The molecule has 1 rings (SSSR count). The second-order valence-electron chi connectivity index (χ2n) is 4.47. The molecule has 0 aliphatic heterocycles. The van der Waals surface area contributed by atoms with Gasteiger partial charge in [0.1, 0.15) is 0 Å². The lowest BCUT2D eigenvalue weighted by atomic mass is 10.1. The molecule has 2 atom stereocenters. The van der Waals surface area contributed by atoms with Crippen LogP contribution in [0.2, 0.25) is 0 Å². The Bertz CT molecular complexity index is 346. The summed E-state index contributed by atoms with van der Waals surface area (Å²) in [7, 11) is -1.08. The van der Waals surface area contributed by atoms with Crippen molar-refractivity contribution in [1.82, 2.24) is 0 Å². The van der Waals surface area contributed by atoms with Crippen molar-refractivity contribution < 1.29 is 9.32 Å². The van der Waals surface area contributed by atoms with Gasteiger partial charge in [0, 0.05) is 4.90 Å². The predicted molar refractivity (Wildman–Crippen MR) is 72.6 cm³/mol. The molecule has 0 unspecified atom stereocenters. The van der Waals surface area contributed by atoms with Gasteiger partial charge in [-0.05, 0) is 25.5 Å². The van der Waals surface area contributed by atoms with Gasteiger partial charge in [0.2, 0.25) is 0 Å². The average molecular weight is 254 g/mol.